The molecule has 0 saturated heterocycles. The summed E-state index contributed by atoms with van der Waals surface area (Å²) in [5.74, 6) is -0.810. The summed E-state index contributed by atoms with van der Waals surface area (Å²) in [6.07, 6.45) is 0.223. The summed E-state index contributed by atoms with van der Waals surface area (Å²) in [6, 6.07) is 16.2. The number of benzene rings is 2. The monoisotopic (exact) mass is 404 g/mol. The second kappa shape index (κ2) is 7.41. The van der Waals surface area contributed by atoms with Gasteiger partial charge in [0.15, 0.2) is 0 Å². The maximum Gasteiger partial charge on any atom is 0.346 e. The molecule has 3 aromatic rings. The van der Waals surface area contributed by atoms with Gasteiger partial charge >= 0.3 is 5.97 Å². The predicted octanol–water partition coefficient (Wildman–Crippen LogP) is 4.47. The number of carboxylic acids is 1. The lowest BCUT2D eigenvalue weighted by molar-refractivity contribution is -0.116. The average Bonchev–Trinajstić information content (AvgIpc) is 3.13. The van der Waals surface area contributed by atoms with Crippen LogP contribution < -0.4 is 10.1 Å². The van der Waals surface area contributed by atoms with E-state index in [2.05, 4.69) is 11.4 Å². The molecule has 4 rings (SSSR count). The van der Waals surface area contributed by atoms with Crippen LogP contribution in [0.1, 0.15) is 38.0 Å². The van der Waals surface area contributed by atoms with Gasteiger partial charge in [0.1, 0.15) is 10.6 Å². The standard InChI is InChI=1S/C22H16N2O4S/c1-28-15-8-6-14(7-9-15)18-19-20(29-21(18)22(26)27)16(10-17(25)24-19)13-4-2-12(11-23)3-5-13/h2-9,16H,10H2,1H3,(H,24,25)(H,26,27)/t16-/m0/s1. The van der Waals surface area contributed by atoms with Crippen LogP contribution in [0.3, 0.4) is 0 Å². The van der Waals surface area contributed by atoms with E-state index in [4.69, 9.17) is 10.00 Å². The molecule has 2 heterocycles. The van der Waals surface area contributed by atoms with Gasteiger partial charge in [-0.05, 0) is 35.4 Å². The molecule has 0 saturated carbocycles. The van der Waals surface area contributed by atoms with E-state index >= 15 is 0 Å². The summed E-state index contributed by atoms with van der Waals surface area (Å²) in [7, 11) is 1.56. The van der Waals surface area contributed by atoms with Gasteiger partial charge in [0.2, 0.25) is 5.91 Å². The number of rotatable bonds is 4. The molecule has 1 aromatic heterocycles. The summed E-state index contributed by atoms with van der Waals surface area (Å²) in [6.45, 7) is 0. The van der Waals surface area contributed by atoms with E-state index in [-0.39, 0.29) is 23.1 Å². The van der Waals surface area contributed by atoms with E-state index in [0.29, 0.717) is 28.1 Å². The number of anilines is 1. The van der Waals surface area contributed by atoms with E-state index < -0.39 is 5.97 Å². The fourth-order valence-corrected chi connectivity index (χ4v) is 4.78. The third kappa shape index (κ3) is 3.35. The molecule has 1 amide bonds. The average molecular weight is 404 g/mol. The van der Waals surface area contributed by atoms with Crippen LogP contribution in [0.15, 0.2) is 48.5 Å². The Bertz CT molecular complexity index is 1140. The van der Waals surface area contributed by atoms with Gasteiger partial charge in [-0.3, -0.25) is 4.79 Å². The summed E-state index contributed by atoms with van der Waals surface area (Å²) < 4.78 is 5.18. The lowest BCUT2D eigenvalue weighted by Crippen LogP contribution is -2.22. The molecule has 0 unspecified atom stereocenters. The number of amides is 1. The minimum Gasteiger partial charge on any atom is -0.497 e. The number of nitrogens with one attached hydrogen (secondary N) is 1. The highest BCUT2D eigenvalue weighted by Crippen LogP contribution is 2.49. The molecule has 6 nitrogen and oxygen atoms in total. The van der Waals surface area contributed by atoms with Crippen LogP contribution >= 0.6 is 11.3 Å². The van der Waals surface area contributed by atoms with Crippen LogP contribution in [-0.4, -0.2) is 24.1 Å². The van der Waals surface area contributed by atoms with Crippen LogP contribution in [0, 0.1) is 11.3 Å². The van der Waals surface area contributed by atoms with Crippen molar-refractivity contribution in [1.29, 1.82) is 5.26 Å². The number of carbonyl (C=O) groups is 2. The zero-order valence-corrected chi connectivity index (χ0v) is 16.2. The Labute approximate surface area is 171 Å². The van der Waals surface area contributed by atoms with Crippen LogP contribution in [-0.2, 0) is 4.79 Å². The lowest BCUT2D eigenvalue weighted by atomic mass is 9.88. The summed E-state index contributed by atoms with van der Waals surface area (Å²) in [4.78, 5) is 25.4. The molecule has 2 N–H and O–H groups in total. The smallest absolute Gasteiger partial charge is 0.346 e. The van der Waals surface area contributed by atoms with Gasteiger partial charge in [0.05, 0.1) is 24.4 Å². The quantitative estimate of drug-likeness (QED) is 0.668. The van der Waals surface area contributed by atoms with Crippen molar-refractivity contribution in [2.24, 2.45) is 0 Å². The van der Waals surface area contributed by atoms with E-state index in [0.717, 1.165) is 10.4 Å². The molecule has 0 aliphatic carbocycles. The zero-order chi connectivity index (χ0) is 20.5. The van der Waals surface area contributed by atoms with Gasteiger partial charge in [0.25, 0.3) is 0 Å². The van der Waals surface area contributed by atoms with Crippen molar-refractivity contribution in [3.8, 4) is 22.9 Å². The van der Waals surface area contributed by atoms with Crippen molar-refractivity contribution in [2.45, 2.75) is 12.3 Å². The van der Waals surface area contributed by atoms with Crippen LogP contribution in [0.5, 0.6) is 5.75 Å². The lowest BCUT2D eigenvalue weighted by Gasteiger charge is -2.24. The summed E-state index contributed by atoms with van der Waals surface area (Å²) in [5, 5.41) is 21.7. The number of nitriles is 1. The minimum atomic E-state index is -1.04. The Morgan fingerprint density at radius 1 is 1.21 bits per heavy atom. The Morgan fingerprint density at radius 3 is 2.48 bits per heavy atom. The van der Waals surface area contributed by atoms with E-state index in [9.17, 15) is 14.7 Å². The molecular weight excluding hydrogens is 388 g/mol. The van der Waals surface area contributed by atoms with Crippen molar-refractivity contribution >= 4 is 28.9 Å². The first-order valence-corrected chi connectivity index (χ1v) is 9.67. The Hall–Kier alpha value is -3.63. The maximum atomic E-state index is 12.5. The molecule has 1 aliphatic heterocycles. The van der Waals surface area contributed by atoms with Gasteiger partial charge in [-0.1, -0.05) is 24.3 Å². The van der Waals surface area contributed by atoms with E-state index in [1.807, 2.05) is 12.1 Å². The van der Waals surface area contributed by atoms with Crippen molar-refractivity contribution in [2.75, 3.05) is 12.4 Å². The molecule has 7 heteroatoms. The Morgan fingerprint density at radius 2 is 1.90 bits per heavy atom. The molecule has 1 atom stereocenters. The third-order valence-corrected chi connectivity index (χ3v) is 6.21. The number of methoxy groups -OCH3 is 1. The van der Waals surface area contributed by atoms with Crippen molar-refractivity contribution < 1.29 is 19.4 Å². The van der Waals surface area contributed by atoms with Gasteiger partial charge in [-0.2, -0.15) is 5.26 Å². The SMILES string of the molecule is COc1ccc(-c2c(C(=O)O)sc3c2NC(=O)C[C@H]3c2ccc(C#N)cc2)cc1. The first-order valence-electron chi connectivity index (χ1n) is 8.86. The highest BCUT2D eigenvalue weighted by atomic mass is 32.1. The second-order valence-corrected chi connectivity index (χ2v) is 7.67. The first kappa shape index (κ1) is 18.7. The molecule has 0 spiro atoms. The highest BCUT2D eigenvalue weighted by molar-refractivity contribution is 7.15. The first-order chi connectivity index (χ1) is 14.0. The van der Waals surface area contributed by atoms with Gasteiger partial charge in [-0.15, -0.1) is 11.3 Å². The number of carboxylic acid groups (broad SMARTS) is 1. The van der Waals surface area contributed by atoms with Crippen LogP contribution in [0.4, 0.5) is 5.69 Å². The molecule has 2 aromatic carbocycles. The number of nitrogens with zero attached hydrogens (tertiary/aromatic N) is 1. The molecule has 144 valence electrons. The Kier molecular flexibility index (Phi) is 4.79. The number of ether oxygens (including phenoxy) is 1. The van der Waals surface area contributed by atoms with E-state index in [1.54, 1.807) is 43.5 Å². The fourth-order valence-electron chi connectivity index (χ4n) is 3.53. The van der Waals surface area contributed by atoms with Crippen molar-refractivity contribution in [3.63, 3.8) is 0 Å². The number of hydrogen-bond donors (Lipinski definition) is 2. The normalized spacial score (nSPS) is 15.2. The van der Waals surface area contributed by atoms with Crippen molar-refractivity contribution in [1.82, 2.24) is 0 Å². The Balaban J connectivity index is 1.88. The number of thiophene rings is 1. The number of aromatic carboxylic acids is 1. The fraction of sp³-hybridized carbons (Fsp3) is 0.136. The largest absolute Gasteiger partial charge is 0.497 e. The molecule has 29 heavy (non-hydrogen) atoms. The maximum absolute atomic E-state index is 12.5. The predicted molar refractivity (Wildman–Crippen MR) is 110 cm³/mol. The number of carbonyl (C=O) groups excluding carboxylic acids is 1. The summed E-state index contributed by atoms with van der Waals surface area (Å²) in [5.41, 5.74) is 3.15. The zero-order valence-electron chi connectivity index (χ0n) is 15.4. The van der Waals surface area contributed by atoms with Gasteiger partial charge in [0, 0.05) is 22.8 Å². The molecule has 0 bridgehead atoms. The highest BCUT2D eigenvalue weighted by Gasteiger charge is 2.34. The minimum absolute atomic E-state index is 0.170. The number of hydrogen-bond acceptors (Lipinski definition) is 5. The molecular formula is C22H16N2O4S. The molecule has 0 fully saturated rings. The van der Waals surface area contributed by atoms with Crippen LogP contribution in [0.2, 0.25) is 0 Å². The molecule has 0 radical (unpaired) electrons. The van der Waals surface area contributed by atoms with Gasteiger partial charge < -0.3 is 15.2 Å². The van der Waals surface area contributed by atoms with Crippen molar-refractivity contribution in [3.05, 3.63) is 69.4 Å². The molecule has 1 aliphatic rings. The summed E-state index contributed by atoms with van der Waals surface area (Å²) >= 11 is 1.18. The topological polar surface area (TPSA) is 99.4 Å². The van der Waals surface area contributed by atoms with Gasteiger partial charge in [-0.25, -0.2) is 4.79 Å². The van der Waals surface area contributed by atoms with Crippen LogP contribution in [0.25, 0.3) is 11.1 Å². The van der Waals surface area contributed by atoms with E-state index in [1.165, 1.54) is 11.3 Å². The second-order valence-electron chi connectivity index (χ2n) is 6.62. The third-order valence-electron chi connectivity index (χ3n) is 4.92. The number of fused-ring (bicyclic) bond motifs is 1.